The second-order valence-corrected chi connectivity index (χ2v) is 7.32. The molecule has 2 saturated heterocycles. The van der Waals surface area contributed by atoms with Crippen molar-refractivity contribution in [3.63, 3.8) is 0 Å². The Kier molecular flexibility index (Phi) is 5.03. The average molecular weight is 391 g/mol. The molecule has 0 amide bonds. The summed E-state index contributed by atoms with van der Waals surface area (Å²) in [7, 11) is 0. The molecule has 144 valence electrons. The van der Waals surface area contributed by atoms with Crippen LogP contribution in [0, 0.1) is 0 Å². The zero-order chi connectivity index (χ0) is 18.9. The van der Waals surface area contributed by atoms with E-state index in [4.69, 9.17) is 16.3 Å². The molecule has 2 aliphatic heterocycles. The van der Waals surface area contributed by atoms with Crippen molar-refractivity contribution in [2.24, 2.45) is 0 Å². The number of halogens is 1. The topological polar surface area (TPSA) is 84.3 Å². The van der Waals surface area contributed by atoms with E-state index in [0.29, 0.717) is 11.4 Å². The zero-order valence-corrected chi connectivity index (χ0v) is 15.9. The molecule has 0 radical (unpaired) electrons. The van der Waals surface area contributed by atoms with E-state index in [1.807, 2.05) is 18.3 Å². The molecule has 2 fully saturated rings. The summed E-state index contributed by atoms with van der Waals surface area (Å²) in [6, 6.07) is 5.46. The van der Waals surface area contributed by atoms with Gasteiger partial charge in [-0.25, -0.2) is 4.98 Å². The van der Waals surface area contributed by atoms with Crippen molar-refractivity contribution in [1.29, 1.82) is 0 Å². The van der Waals surface area contributed by atoms with Crippen molar-refractivity contribution in [2.75, 3.05) is 36.6 Å². The van der Waals surface area contributed by atoms with Crippen LogP contribution in [0.1, 0.15) is 18.9 Å². The maximum atomic E-state index is 12.2. The lowest BCUT2D eigenvalue weighted by atomic mass is 9.85. The van der Waals surface area contributed by atoms with Gasteiger partial charge in [-0.15, -0.1) is 16.4 Å². The zero-order valence-electron chi connectivity index (χ0n) is 15.2. The highest BCUT2D eigenvalue weighted by Crippen LogP contribution is 2.34. The van der Waals surface area contributed by atoms with Crippen molar-refractivity contribution in [2.45, 2.75) is 30.9 Å². The molecule has 4 rings (SSSR count). The summed E-state index contributed by atoms with van der Waals surface area (Å²) in [4.78, 5) is 20.2. The normalized spacial score (nSPS) is 25.1. The van der Waals surface area contributed by atoms with E-state index in [1.54, 1.807) is 6.07 Å². The van der Waals surface area contributed by atoms with Crippen LogP contribution < -0.4 is 21.2 Å². The highest BCUT2D eigenvalue weighted by Gasteiger charge is 2.45. The van der Waals surface area contributed by atoms with E-state index in [9.17, 15) is 4.79 Å². The molecule has 8 nitrogen and oxygen atoms in total. The lowest BCUT2D eigenvalue weighted by Gasteiger charge is -2.53. The summed E-state index contributed by atoms with van der Waals surface area (Å²) >= 11 is 5.78. The molecule has 2 N–H and O–H groups in total. The number of rotatable bonds is 5. The van der Waals surface area contributed by atoms with Crippen molar-refractivity contribution < 1.29 is 4.74 Å². The first kappa shape index (κ1) is 18.2. The molecule has 2 atom stereocenters. The molecule has 4 heterocycles. The number of ether oxygens (including phenoxy) is 1. The summed E-state index contributed by atoms with van der Waals surface area (Å²) in [5.41, 5.74) is 4.05. The minimum absolute atomic E-state index is 0.0969. The largest absolute Gasteiger partial charge is 0.376 e. The molecule has 0 spiro atoms. The number of alkyl halides is 1. The lowest BCUT2D eigenvalue weighted by molar-refractivity contribution is -0.0938. The average Bonchev–Trinajstić information content (AvgIpc) is 2.63. The van der Waals surface area contributed by atoms with Gasteiger partial charge in [-0.2, -0.15) is 5.10 Å². The predicted molar refractivity (Wildman–Crippen MR) is 104 cm³/mol. The van der Waals surface area contributed by atoms with Gasteiger partial charge >= 0.3 is 0 Å². The van der Waals surface area contributed by atoms with Crippen molar-refractivity contribution >= 4 is 23.1 Å². The van der Waals surface area contributed by atoms with Crippen LogP contribution in [0.3, 0.4) is 0 Å². The molecule has 2 aliphatic rings. The Balaban J connectivity index is 1.54. The first-order valence-corrected chi connectivity index (χ1v) is 9.61. The molecule has 27 heavy (non-hydrogen) atoms. The van der Waals surface area contributed by atoms with E-state index >= 15 is 0 Å². The summed E-state index contributed by atoms with van der Waals surface area (Å²) in [6.45, 7) is 5.76. The first-order chi connectivity index (χ1) is 13.1. The minimum atomic E-state index is -0.282. The second-order valence-electron chi connectivity index (χ2n) is 7.05. The first-order valence-electron chi connectivity index (χ1n) is 9.08. The van der Waals surface area contributed by atoms with Crippen LogP contribution in [0.15, 0.2) is 35.4 Å². The number of piperazine rings is 1. The fourth-order valence-electron chi connectivity index (χ4n) is 3.67. The van der Waals surface area contributed by atoms with Crippen molar-refractivity contribution in [3.05, 3.63) is 46.5 Å². The van der Waals surface area contributed by atoms with Gasteiger partial charge in [-0.3, -0.25) is 10.2 Å². The summed E-state index contributed by atoms with van der Waals surface area (Å²) < 4.78 is 5.79. The number of anilines is 2. The van der Waals surface area contributed by atoms with Gasteiger partial charge in [0, 0.05) is 31.8 Å². The van der Waals surface area contributed by atoms with Crippen molar-refractivity contribution in [3.8, 4) is 0 Å². The number of hydrogen-bond donors (Lipinski definition) is 2. The van der Waals surface area contributed by atoms with E-state index in [1.165, 1.54) is 6.20 Å². The molecule has 2 aromatic heterocycles. The number of hydrogen-bond acceptors (Lipinski definition) is 7. The van der Waals surface area contributed by atoms with E-state index < -0.39 is 0 Å². The van der Waals surface area contributed by atoms with Gasteiger partial charge in [-0.05, 0) is 31.5 Å². The van der Waals surface area contributed by atoms with Crippen LogP contribution in [-0.4, -0.2) is 52.8 Å². The van der Waals surface area contributed by atoms with Crippen LogP contribution in [0.2, 0.25) is 0 Å². The molecule has 0 saturated carbocycles. The van der Waals surface area contributed by atoms with E-state index in [0.717, 1.165) is 43.1 Å². The standard InChI is InChI=1S/C18H23ClN6O2/c1-18(15-5-9-27-15)12-20-7-8-24(18)14-2-3-16(21-11-14)23-25-17(26)13(10-19)4-6-22-25/h2-4,6,11,15,20H,5,7-10,12H2,1H3,(H,21,23)/t15?,18-/m0/s1. The summed E-state index contributed by atoms with van der Waals surface area (Å²) in [5.74, 6) is 0.678. The minimum Gasteiger partial charge on any atom is -0.376 e. The van der Waals surface area contributed by atoms with Crippen LogP contribution >= 0.6 is 11.6 Å². The number of pyridine rings is 1. The number of aromatic nitrogens is 3. The maximum Gasteiger partial charge on any atom is 0.290 e. The summed E-state index contributed by atoms with van der Waals surface area (Å²) in [6.07, 6.45) is 4.66. The van der Waals surface area contributed by atoms with Gasteiger partial charge in [0.1, 0.15) is 5.82 Å². The molecule has 1 unspecified atom stereocenters. The Bertz CT molecular complexity index is 854. The van der Waals surface area contributed by atoms with Crippen LogP contribution in [0.4, 0.5) is 11.5 Å². The second kappa shape index (κ2) is 7.46. The highest BCUT2D eigenvalue weighted by atomic mass is 35.5. The molecular weight excluding hydrogens is 368 g/mol. The fourth-order valence-corrected chi connectivity index (χ4v) is 3.88. The molecule has 0 bridgehead atoms. The fraction of sp³-hybridized carbons (Fsp3) is 0.500. The SMILES string of the molecule is C[C@@]1(C2CCO2)CNCCN1c1ccc(Nn2nccc(CCl)c2=O)nc1. The monoisotopic (exact) mass is 390 g/mol. The van der Waals surface area contributed by atoms with Gasteiger partial charge in [0.25, 0.3) is 5.56 Å². The van der Waals surface area contributed by atoms with Crippen LogP contribution in [0.5, 0.6) is 0 Å². The lowest BCUT2D eigenvalue weighted by Crippen LogP contribution is -2.68. The van der Waals surface area contributed by atoms with Gasteiger partial charge in [-0.1, -0.05) is 0 Å². The molecule has 0 aliphatic carbocycles. The van der Waals surface area contributed by atoms with Crippen LogP contribution in [-0.2, 0) is 10.6 Å². The van der Waals surface area contributed by atoms with Crippen LogP contribution in [0.25, 0.3) is 0 Å². The Hall–Kier alpha value is -2.16. The third kappa shape index (κ3) is 3.40. The van der Waals surface area contributed by atoms with Crippen molar-refractivity contribution in [1.82, 2.24) is 20.2 Å². The molecule has 2 aromatic rings. The van der Waals surface area contributed by atoms with Gasteiger partial charge in [0.05, 0.1) is 35.6 Å². The number of nitrogens with one attached hydrogen (secondary N) is 2. The van der Waals surface area contributed by atoms with Gasteiger partial charge < -0.3 is 15.0 Å². The Morgan fingerprint density at radius 2 is 2.30 bits per heavy atom. The quantitative estimate of drug-likeness (QED) is 0.742. The van der Waals surface area contributed by atoms with E-state index in [2.05, 4.69) is 32.6 Å². The Morgan fingerprint density at radius 1 is 1.44 bits per heavy atom. The third-order valence-corrected chi connectivity index (χ3v) is 5.64. The molecule has 9 heteroatoms. The third-order valence-electron chi connectivity index (χ3n) is 5.35. The Morgan fingerprint density at radius 3 is 2.96 bits per heavy atom. The van der Waals surface area contributed by atoms with Gasteiger partial charge in [0.15, 0.2) is 0 Å². The van der Waals surface area contributed by atoms with E-state index in [-0.39, 0.29) is 23.1 Å². The predicted octanol–water partition coefficient (Wildman–Crippen LogP) is 1.21. The Labute approximate surface area is 162 Å². The highest BCUT2D eigenvalue weighted by molar-refractivity contribution is 6.17. The molecular formula is C18H23ClN6O2. The maximum absolute atomic E-state index is 12.2. The number of nitrogens with zero attached hydrogens (tertiary/aromatic N) is 4. The summed E-state index contributed by atoms with van der Waals surface area (Å²) in [5, 5.41) is 7.49. The smallest absolute Gasteiger partial charge is 0.290 e. The molecule has 0 aromatic carbocycles. The van der Waals surface area contributed by atoms with Gasteiger partial charge in [0.2, 0.25) is 0 Å².